The third kappa shape index (κ3) is 7.70. The molecule has 35 heavy (non-hydrogen) atoms. The van der Waals surface area contributed by atoms with E-state index < -0.39 is 52.0 Å². The van der Waals surface area contributed by atoms with E-state index in [2.05, 4.69) is 6.92 Å². The van der Waals surface area contributed by atoms with E-state index in [1.807, 2.05) is 0 Å². The van der Waals surface area contributed by atoms with E-state index in [1.165, 1.54) is 32.1 Å². The zero-order valence-electron chi connectivity index (χ0n) is 19.9. The molecule has 0 saturated carbocycles. The normalized spacial score (nSPS) is 10.9. The van der Waals surface area contributed by atoms with E-state index in [0.29, 0.717) is 6.42 Å². The molecule has 0 aliphatic rings. The molecule has 0 aliphatic heterocycles. The molecule has 0 bridgehead atoms. The quantitative estimate of drug-likeness (QED) is 0.0935. The number of benzene rings is 2. The highest BCUT2D eigenvalue weighted by atomic mass is 16.6. The summed E-state index contributed by atoms with van der Waals surface area (Å²) in [5.41, 5.74) is -0.669. The largest absolute Gasteiger partial charge is 0.504 e. The van der Waals surface area contributed by atoms with Gasteiger partial charge in [-0.25, -0.2) is 9.59 Å². The lowest BCUT2D eigenvalue weighted by molar-refractivity contribution is 0.0395. The second-order valence-electron chi connectivity index (χ2n) is 8.59. The van der Waals surface area contributed by atoms with Crippen molar-refractivity contribution in [2.24, 2.45) is 0 Å². The molecule has 2 aromatic rings. The highest BCUT2D eigenvalue weighted by Gasteiger charge is 2.25. The first-order chi connectivity index (χ1) is 16.7. The van der Waals surface area contributed by atoms with Crippen LogP contribution in [-0.4, -0.2) is 42.6 Å². The van der Waals surface area contributed by atoms with Crippen LogP contribution in [0.1, 0.15) is 97.4 Å². The topological polar surface area (TPSA) is 165 Å². The van der Waals surface area contributed by atoms with Crippen molar-refractivity contribution in [1.82, 2.24) is 0 Å². The second kappa shape index (κ2) is 13.3. The Morgan fingerprint density at radius 2 is 1.11 bits per heavy atom. The number of esters is 2. The highest BCUT2D eigenvalue weighted by Crippen LogP contribution is 2.41. The number of rotatable bonds is 13. The Labute approximate surface area is 204 Å². The lowest BCUT2D eigenvalue weighted by atomic mass is 9.98. The Kier molecular flexibility index (Phi) is 10.5. The summed E-state index contributed by atoms with van der Waals surface area (Å²) in [5, 5.41) is 58.6. The number of ether oxygens (including phenoxy) is 1. The van der Waals surface area contributed by atoms with Crippen molar-refractivity contribution in [1.29, 1.82) is 0 Å². The van der Waals surface area contributed by atoms with Gasteiger partial charge in [-0.3, -0.25) is 0 Å². The molecule has 0 atom stereocenters. The molecule has 0 spiro atoms. The Bertz CT molecular complexity index is 1010. The average molecular weight is 491 g/mol. The van der Waals surface area contributed by atoms with Gasteiger partial charge in [0.15, 0.2) is 28.7 Å². The summed E-state index contributed by atoms with van der Waals surface area (Å²) >= 11 is 0. The maximum atomic E-state index is 12.7. The molecule has 0 heterocycles. The van der Waals surface area contributed by atoms with Crippen molar-refractivity contribution >= 4 is 11.9 Å². The van der Waals surface area contributed by atoms with Gasteiger partial charge in [0.1, 0.15) is 0 Å². The molecular weight excluding hydrogens is 456 g/mol. The molecular formula is C26H34O9. The van der Waals surface area contributed by atoms with Gasteiger partial charge in [-0.2, -0.15) is 0 Å². The number of phenolic OH excluding ortho intramolecular Hbond substituents is 6. The highest BCUT2D eigenvalue weighted by molar-refractivity contribution is 6.04. The van der Waals surface area contributed by atoms with Gasteiger partial charge in [0.05, 0.1) is 11.1 Å². The smallest absolute Gasteiger partial charge is 0.346 e. The molecule has 2 rings (SSSR count). The fourth-order valence-electron chi connectivity index (χ4n) is 3.83. The van der Waals surface area contributed by atoms with Gasteiger partial charge in [0.2, 0.25) is 5.75 Å². The SMILES string of the molecule is CCCCCCCCCCCCc1c(C(=O)OC(=O)c2cc(O)c(O)c(O)c2)cc(O)c(O)c1O. The van der Waals surface area contributed by atoms with Crippen LogP contribution < -0.4 is 0 Å². The first kappa shape index (κ1) is 27.6. The summed E-state index contributed by atoms with van der Waals surface area (Å²) in [6, 6.07) is 2.52. The van der Waals surface area contributed by atoms with Crippen LogP contribution in [0.25, 0.3) is 0 Å². The molecule has 0 fully saturated rings. The third-order valence-corrected chi connectivity index (χ3v) is 5.85. The van der Waals surface area contributed by atoms with Gasteiger partial charge >= 0.3 is 11.9 Å². The number of hydrogen-bond donors (Lipinski definition) is 6. The van der Waals surface area contributed by atoms with Crippen LogP contribution >= 0.6 is 0 Å². The summed E-state index contributed by atoms with van der Waals surface area (Å²) in [4.78, 5) is 25.0. The minimum absolute atomic E-state index is 0.0362. The van der Waals surface area contributed by atoms with Gasteiger partial charge in [-0.15, -0.1) is 0 Å². The fourth-order valence-corrected chi connectivity index (χ4v) is 3.83. The van der Waals surface area contributed by atoms with Gasteiger partial charge in [0, 0.05) is 5.56 Å². The number of hydrogen-bond acceptors (Lipinski definition) is 9. The molecule has 0 amide bonds. The zero-order valence-corrected chi connectivity index (χ0v) is 19.9. The molecule has 0 saturated heterocycles. The number of aromatic hydroxyl groups is 6. The Balaban J connectivity index is 2.01. The standard InChI is InChI=1S/C26H34O9/c1-2-3-4-5-6-7-8-9-10-11-12-17-18(15-21(29)24(32)22(17)30)26(34)35-25(33)16-13-19(27)23(31)20(28)14-16/h13-15,27-32H,2-12H2,1H3. The summed E-state index contributed by atoms with van der Waals surface area (Å²) < 4.78 is 4.78. The van der Waals surface area contributed by atoms with Crippen LogP contribution in [0, 0.1) is 0 Å². The molecule has 6 N–H and O–H groups in total. The Morgan fingerprint density at radius 1 is 0.629 bits per heavy atom. The Hall–Kier alpha value is -3.62. The van der Waals surface area contributed by atoms with Crippen molar-refractivity contribution in [2.45, 2.75) is 77.6 Å². The molecule has 0 radical (unpaired) electrons. The molecule has 0 aromatic heterocycles. The number of phenols is 6. The van der Waals surface area contributed by atoms with Gasteiger partial charge in [-0.1, -0.05) is 64.7 Å². The van der Waals surface area contributed by atoms with Gasteiger partial charge < -0.3 is 35.4 Å². The summed E-state index contributed by atoms with van der Waals surface area (Å²) in [7, 11) is 0. The number of unbranched alkanes of at least 4 members (excludes halogenated alkanes) is 9. The molecule has 9 heteroatoms. The minimum atomic E-state index is -1.24. The van der Waals surface area contributed by atoms with Crippen molar-refractivity contribution in [3.63, 3.8) is 0 Å². The summed E-state index contributed by atoms with van der Waals surface area (Å²) in [6.45, 7) is 2.18. The Morgan fingerprint density at radius 3 is 1.66 bits per heavy atom. The summed E-state index contributed by atoms with van der Waals surface area (Å²) in [5.74, 6) is -7.04. The maximum Gasteiger partial charge on any atom is 0.346 e. The van der Waals surface area contributed by atoms with Crippen LogP contribution in [0.4, 0.5) is 0 Å². The van der Waals surface area contributed by atoms with Crippen molar-refractivity contribution in [3.8, 4) is 34.5 Å². The van der Waals surface area contributed by atoms with Crippen LogP contribution in [-0.2, 0) is 11.2 Å². The van der Waals surface area contributed by atoms with Crippen molar-refractivity contribution in [3.05, 3.63) is 34.9 Å². The maximum absolute atomic E-state index is 12.7. The predicted octanol–water partition coefficient (Wildman–Crippen LogP) is 5.38. The van der Waals surface area contributed by atoms with E-state index in [0.717, 1.165) is 43.9 Å². The lowest BCUT2D eigenvalue weighted by Gasteiger charge is -2.13. The zero-order chi connectivity index (χ0) is 26.0. The second-order valence-corrected chi connectivity index (χ2v) is 8.59. The lowest BCUT2D eigenvalue weighted by Crippen LogP contribution is -2.15. The van der Waals surface area contributed by atoms with Crippen molar-refractivity contribution < 1.29 is 45.0 Å². The van der Waals surface area contributed by atoms with E-state index in [9.17, 15) is 40.2 Å². The van der Waals surface area contributed by atoms with Crippen LogP contribution in [0.2, 0.25) is 0 Å². The van der Waals surface area contributed by atoms with Gasteiger partial charge in [0.25, 0.3) is 0 Å². The average Bonchev–Trinajstić information content (AvgIpc) is 2.82. The van der Waals surface area contributed by atoms with Crippen LogP contribution in [0.5, 0.6) is 34.5 Å². The first-order valence-corrected chi connectivity index (χ1v) is 12.0. The molecule has 0 aliphatic carbocycles. The third-order valence-electron chi connectivity index (χ3n) is 5.85. The van der Waals surface area contributed by atoms with Crippen molar-refractivity contribution in [2.75, 3.05) is 0 Å². The van der Waals surface area contributed by atoms with E-state index in [-0.39, 0.29) is 17.5 Å². The number of carbonyl (C=O) groups is 2. The molecule has 0 unspecified atom stereocenters. The molecule has 2 aromatic carbocycles. The van der Waals surface area contributed by atoms with Crippen LogP contribution in [0.3, 0.4) is 0 Å². The summed E-state index contributed by atoms with van der Waals surface area (Å²) in [6.07, 6.45) is 11.0. The number of carbonyl (C=O) groups excluding carboxylic acids is 2. The van der Waals surface area contributed by atoms with E-state index >= 15 is 0 Å². The fraction of sp³-hybridized carbons (Fsp3) is 0.462. The van der Waals surface area contributed by atoms with Crippen LogP contribution in [0.15, 0.2) is 18.2 Å². The predicted molar refractivity (Wildman–Crippen MR) is 128 cm³/mol. The van der Waals surface area contributed by atoms with E-state index in [4.69, 9.17) is 4.74 Å². The monoisotopic (exact) mass is 490 g/mol. The van der Waals surface area contributed by atoms with E-state index in [1.54, 1.807) is 0 Å². The minimum Gasteiger partial charge on any atom is -0.504 e. The first-order valence-electron chi connectivity index (χ1n) is 12.0. The molecule has 9 nitrogen and oxygen atoms in total. The molecule has 192 valence electrons. The van der Waals surface area contributed by atoms with Gasteiger partial charge in [-0.05, 0) is 31.0 Å².